The molecular weight excluding hydrogens is 284 g/mol. The largest absolute Gasteiger partial charge is 0.410 e. The SMILES string of the molecule is CCc1ccccc1SC(=NO)C(C(=O)NC)C(C)(C)C. The normalized spacial score (nSPS) is 13.9. The van der Waals surface area contributed by atoms with Crippen LogP contribution in [0.15, 0.2) is 34.3 Å². The number of hydrogen-bond acceptors (Lipinski definition) is 4. The number of carbonyl (C=O) groups excluding carboxylic acids is 1. The van der Waals surface area contributed by atoms with E-state index in [0.29, 0.717) is 5.04 Å². The fraction of sp³-hybridized carbons (Fsp3) is 0.500. The number of benzene rings is 1. The maximum atomic E-state index is 12.2. The lowest BCUT2D eigenvalue weighted by Crippen LogP contribution is -2.40. The zero-order chi connectivity index (χ0) is 16.0. The van der Waals surface area contributed by atoms with Gasteiger partial charge in [0.1, 0.15) is 5.04 Å². The molecule has 1 atom stereocenters. The predicted octanol–water partition coefficient (Wildman–Crippen LogP) is 3.54. The highest BCUT2D eigenvalue weighted by molar-refractivity contribution is 8.14. The quantitative estimate of drug-likeness (QED) is 0.294. The highest BCUT2D eigenvalue weighted by Gasteiger charge is 2.36. The molecular formula is C16H24N2O2S. The number of carbonyl (C=O) groups is 1. The molecule has 0 saturated carbocycles. The smallest absolute Gasteiger partial charge is 0.230 e. The van der Waals surface area contributed by atoms with Crippen LogP contribution in [0.1, 0.15) is 33.3 Å². The summed E-state index contributed by atoms with van der Waals surface area (Å²) in [4.78, 5) is 13.2. The number of thioether (sulfide) groups is 1. The Morgan fingerprint density at radius 1 is 1.38 bits per heavy atom. The summed E-state index contributed by atoms with van der Waals surface area (Å²) < 4.78 is 0. The zero-order valence-corrected chi connectivity index (χ0v) is 14.1. The van der Waals surface area contributed by atoms with Gasteiger partial charge in [-0.3, -0.25) is 4.79 Å². The van der Waals surface area contributed by atoms with Crippen LogP contribution in [0.4, 0.5) is 0 Å². The van der Waals surface area contributed by atoms with Crippen LogP contribution < -0.4 is 5.32 Å². The molecule has 0 aromatic heterocycles. The Balaban J connectivity index is 3.14. The van der Waals surface area contributed by atoms with Crippen molar-refractivity contribution in [1.29, 1.82) is 0 Å². The van der Waals surface area contributed by atoms with Gasteiger partial charge in [-0.05, 0) is 23.5 Å². The number of amides is 1. The lowest BCUT2D eigenvalue weighted by molar-refractivity contribution is -0.124. The average molecular weight is 308 g/mol. The number of hydrogen-bond donors (Lipinski definition) is 2. The predicted molar refractivity (Wildman–Crippen MR) is 87.9 cm³/mol. The molecule has 1 unspecified atom stereocenters. The molecule has 5 heteroatoms. The van der Waals surface area contributed by atoms with Crippen molar-refractivity contribution in [3.05, 3.63) is 29.8 Å². The van der Waals surface area contributed by atoms with Crippen molar-refractivity contribution in [2.75, 3.05) is 7.05 Å². The second-order valence-electron chi connectivity index (χ2n) is 5.91. The maximum Gasteiger partial charge on any atom is 0.230 e. The second kappa shape index (κ2) is 7.50. The summed E-state index contributed by atoms with van der Waals surface area (Å²) >= 11 is 1.36. The van der Waals surface area contributed by atoms with Gasteiger partial charge in [-0.1, -0.05) is 62.8 Å². The van der Waals surface area contributed by atoms with Crippen molar-refractivity contribution in [1.82, 2.24) is 5.32 Å². The first-order valence-corrected chi connectivity index (χ1v) is 7.86. The maximum absolute atomic E-state index is 12.2. The number of oxime groups is 1. The zero-order valence-electron chi connectivity index (χ0n) is 13.3. The first kappa shape index (κ1) is 17.6. The van der Waals surface area contributed by atoms with E-state index in [1.165, 1.54) is 17.3 Å². The molecule has 0 fully saturated rings. The van der Waals surface area contributed by atoms with Crippen molar-refractivity contribution in [3.8, 4) is 0 Å². The fourth-order valence-corrected chi connectivity index (χ4v) is 3.50. The molecule has 0 bridgehead atoms. The molecule has 0 aliphatic heterocycles. The van der Waals surface area contributed by atoms with Crippen LogP contribution in [0.2, 0.25) is 0 Å². The van der Waals surface area contributed by atoms with Gasteiger partial charge in [0.2, 0.25) is 5.91 Å². The molecule has 0 aliphatic rings. The number of nitrogens with one attached hydrogen (secondary N) is 1. The van der Waals surface area contributed by atoms with E-state index < -0.39 is 5.92 Å². The summed E-state index contributed by atoms with van der Waals surface area (Å²) in [6.07, 6.45) is 0.891. The molecule has 21 heavy (non-hydrogen) atoms. The van der Waals surface area contributed by atoms with Crippen LogP contribution in [0.25, 0.3) is 0 Å². The van der Waals surface area contributed by atoms with Crippen LogP contribution >= 0.6 is 11.8 Å². The number of aryl methyl sites for hydroxylation is 1. The summed E-state index contributed by atoms with van der Waals surface area (Å²) in [5.41, 5.74) is 0.837. The minimum Gasteiger partial charge on any atom is -0.410 e. The van der Waals surface area contributed by atoms with E-state index in [0.717, 1.165) is 11.3 Å². The van der Waals surface area contributed by atoms with E-state index in [2.05, 4.69) is 17.4 Å². The van der Waals surface area contributed by atoms with Gasteiger partial charge >= 0.3 is 0 Å². The third-order valence-corrected chi connectivity index (χ3v) is 4.43. The van der Waals surface area contributed by atoms with E-state index in [4.69, 9.17) is 0 Å². The fourth-order valence-electron chi connectivity index (χ4n) is 2.17. The molecule has 1 aromatic rings. The van der Waals surface area contributed by atoms with Crippen molar-refractivity contribution in [2.45, 2.75) is 39.0 Å². The standard InChI is InChI=1S/C16H24N2O2S/c1-6-11-9-7-8-10-12(11)21-15(18-20)13(14(19)17-5)16(2,3)4/h7-10,13,20H,6H2,1-5H3,(H,17,19). The van der Waals surface area contributed by atoms with Crippen LogP contribution in [0, 0.1) is 11.3 Å². The third kappa shape index (κ3) is 4.49. The summed E-state index contributed by atoms with van der Waals surface area (Å²) in [5, 5.41) is 15.9. The van der Waals surface area contributed by atoms with Gasteiger partial charge in [-0.25, -0.2) is 0 Å². The topological polar surface area (TPSA) is 61.7 Å². The highest BCUT2D eigenvalue weighted by Crippen LogP contribution is 2.35. The van der Waals surface area contributed by atoms with Gasteiger partial charge < -0.3 is 10.5 Å². The molecule has 116 valence electrons. The lowest BCUT2D eigenvalue weighted by Gasteiger charge is -2.29. The summed E-state index contributed by atoms with van der Waals surface area (Å²) in [7, 11) is 1.60. The molecule has 0 aliphatic carbocycles. The van der Waals surface area contributed by atoms with E-state index in [9.17, 15) is 10.0 Å². The Bertz CT molecular complexity index is 521. The Morgan fingerprint density at radius 2 is 2.00 bits per heavy atom. The lowest BCUT2D eigenvalue weighted by atomic mass is 9.80. The van der Waals surface area contributed by atoms with Gasteiger partial charge in [0.05, 0.1) is 5.92 Å². The van der Waals surface area contributed by atoms with Crippen molar-refractivity contribution >= 4 is 22.7 Å². The molecule has 1 rings (SSSR count). The van der Waals surface area contributed by atoms with Crippen molar-refractivity contribution < 1.29 is 10.0 Å². The minimum absolute atomic E-state index is 0.142. The molecule has 1 amide bonds. The third-order valence-electron chi connectivity index (χ3n) is 3.29. The molecule has 0 radical (unpaired) electrons. The van der Waals surface area contributed by atoms with Crippen LogP contribution in [-0.2, 0) is 11.2 Å². The van der Waals surface area contributed by atoms with Crippen LogP contribution in [-0.4, -0.2) is 23.2 Å². The number of nitrogens with zero attached hydrogens (tertiary/aromatic N) is 1. The van der Waals surface area contributed by atoms with Gasteiger partial charge in [0.25, 0.3) is 0 Å². The van der Waals surface area contributed by atoms with E-state index in [1.54, 1.807) is 7.05 Å². The Morgan fingerprint density at radius 3 is 2.48 bits per heavy atom. The van der Waals surface area contributed by atoms with Crippen molar-refractivity contribution in [2.24, 2.45) is 16.5 Å². The molecule has 0 saturated heterocycles. The molecule has 2 N–H and O–H groups in total. The Labute approximate surface area is 131 Å². The molecule has 0 heterocycles. The number of rotatable bonds is 4. The van der Waals surface area contributed by atoms with Gasteiger partial charge in [0.15, 0.2) is 0 Å². The first-order valence-electron chi connectivity index (χ1n) is 7.04. The molecule has 1 aromatic carbocycles. The highest BCUT2D eigenvalue weighted by atomic mass is 32.2. The second-order valence-corrected chi connectivity index (χ2v) is 6.98. The van der Waals surface area contributed by atoms with E-state index in [1.807, 2.05) is 45.0 Å². The minimum atomic E-state index is -0.498. The summed E-state index contributed by atoms with van der Waals surface area (Å²) in [5.74, 6) is -0.640. The Kier molecular flexibility index (Phi) is 6.27. The summed E-state index contributed by atoms with van der Waals surface area (Å²) in [6.45, 7) is 7.97. The molecule has 4 nitrogen and oxygen atoms in total. The average Bonchev–Trinajstić information content (AvgIpc) is 2.45. The summed E-state index contributed by atoms with van der Waals surface area (Å²) in [6, 6.07) is 7.96. The molecule has 0 spiro atoms. The van der Waals surface area contributed by atoms with Crippen LogP contribution in [0.3, 0.4) is 0 Å². The van der Waals surface area contributed by atoms with Crippen molar-refractivity contribution in [3.63, 3.8) is 0 Å². The van der Waals surface area contributed by atoms with E-state index in [-0.39, 0.29) is 11.3 Å². The van der Waals surface area contributed by atoms with Gasteiger partial charge in [-0.2, -0.15) is 0 Å². The van der Waals surface area contributed by atoms with Crippen LogP contribution in [0.5, 0.6) is 0 Å². The van der Waals surface area contributed by atoms with Gasteiger partial charge in [0, 0.05) is 11.9 Å². The Hall–Kier alpha value is -1.49. The van der Waals surface area contributed by atoms with E-state index >= 15 is 0 Å². The first-order chi connectivity index (χ1) is 9.85. The monoisotopic (exact) mass is 308 g/mol. The van der Waals surface area contributed by atoms with Gasteiger partial charge in [-0.15, -0.1) is 0 Å².